The van der Waals surface area contributed by atoms with Crippen molar-refractivity contribution in [3.8, 4) is 0 Å². The van der Waals surface area contributed by atoms with E-state index in [0.29, 0.717) is 12.5 Å². The Balaban J connectivity index is 2.12. The molecule has 1 saturated carbocycles. The van der Waals surface area contributed by atoms with Crippen molar-refractivity contribution >= 4 is 5.97 Å². The summed E-state index contributed by atoms with van der Waals surface area (Å²) >= 11 is 0. The molecule has 0 bridgehead atoms. The van der Waals surface area contributed by atoms with Gasteiger partial charge in [-0.3, -0.25) is 4.79 Å². The van der Waals surface area contributed by atoms with Gasteiger partial charge in [-0.15, -0.1) is 0 Å². The summed E-state index contributed by atoms with van der Waals surface area (Å²) in [7, 11) is 0. The van der Waals surface area contributed by atoms with Gasteiger partial charge in [0.15, 0.2) is 0 Å². The number of hydrogen-bond donors (Lipinski definition) is 0. The summed E-state index contributed by atoms with van der Waals surface area (Å²) < 4.78 is 5.18. The maximum absolute atomic E-state index is 11.9. The van der Waals surface area contributed by atoms with E-state index in [0.717, 1.165) is 19.3 Å². The lowest BCUT2D eigenvalue weighted by molar-refractivity contribution is -0.150. The molecule has 2 aliphatic rings. The third-order valence-electron chi connectivity index (χ3n) is 4.86. The second-order valence-electron chi connectivity index (χ2n) is 5.82. The molecule has 0 N–H and O–H groups in total. The normalized spacial score (nSPS) is 37.0. The van der Waals surface area contributed by atoms with Crippen molar-refractivity contribution in [2.75, 3.05) is 6.61 Å². The largest absolute Gasteiger partial charge is 0.466 e. The maximum atomic E-state index is 11.9. The second-order valence-corrected chi connectivity index (χ2v) is 5.82. The average molecular weight is 236 g/mol. The van der Waals surface area contributed by atoms with Crippen LogP contribution < -0.4 is 0 Å². The summed E-state index contributed by atoms with van der Waals surface area (Å²) in [6, 6.07) is 0. The third kappa shape index (κ3) is 2.27. The van der Waals surface area contributed by atoms with Gasteiger partial charge in [-0.25, -0.2) is 0 Å². The van der Waals surface area contributed by atoms with Crippen LogP contribution in [0.15, 0.2) is 11.6 Å². The molecule has 2 nitrogen and oxygen atoms in total. The van der Waals surface area contributed by atoms with Gasteiger partial charge >= 0.3 is 5.97 Å². The summed E-state index contributed by atoms with van der Waals surface area (Å²) in [4.78, 5) is 11.9. The predicted octanol–water partition coefficient (Wildman–Crippen LogP) is 3.71. The zero-order valence-electron chi connectivity index (χ0n) is 11.3. The molecule has 17 heavy (non-hydrogen) atoms. The minimum atomic E-state index is 0.0190. The minimum absolute atomic E-state index is 0.0190. The lowest BCUT2D eigenvalue weighted by Gasteiger charge is -2.46. The molecular weight excluding hydrogens is 212 g/mol. The molecule has 1 fully saturated rings. The standard InChI is InChI=1S/C15H24O2/c1-4-17-14(16)12-8-9-13-7-5-6-11(2)15(13,3)10-12/h7,11-12H,4-6,8-10H2,1-3H3/t11-,12+,15+/m1/s1. The predicted molar refractivity (Wildman–Crippen MR) is 68.6 cm³/mol. The molecule has 0 aromatic heterocycles. The molecule has 2 heteroatoms. The first-order chi connectivity index (χ1) is 8.08. The highest BCUT2D eigenvalue weighted by atomic mass is 16.5. The van der Waals surface area contributed by atoms with Crippen LogP contribution in [0.5, 0.6) is 0 Å². The SMILES string of the molecule is CCOC(=O)[C@H]1CCC2=CCC[C@@H](C)[C@]2(C)C1. The first-order valence-corrected chi connectivity index (χ1v) is 6.94. The number of allylic oxidation sites excluding steroid dienone is 2. The number of carbonyl (C=O) groups excluding carboxylic acids is 1. The lowest BCUT2D eigenvalue weighted by atomic mass is 9.58. The molecule has 3 atom stereocenters. The van der Waals surface area contributed by atoms with E-state index in [-0.39, 0.29) is 17.3 Å². The number of ether oxygens (including phenoxy) is 1. The van der Waals surface area contributed by atoms with Crippen molar-refractivity contribution < 1.29 is 9.53 Å². The summed E-state index contributed by atoms with van der Waals surface area (Å²) in [5, 5.41) is 0. The second kappa shape index (κ2) is 4.83. The molecule has 2 rings (SSSR count). The molecule has 0 radical (unpaired) electrons. The molecule has 0 aromatic rings. The van der Waals surface area contributed by atoms with Gasteiger partial charge < -0.3 is 4.74 Å². The monoisotopic (exact) mass is 236 g/mol. The first kappa shape index (κ1) is 12.7. The van der Waals surface area contributed by atoms with Crippen molar-refractivity contribution in [1.82, 2.24) is 0 Å². The maximum Gasteiger partial charge on any atom is 0.308 e. The Morgan fingerprint density at radius 2 is 2.29 bits per heavy atom. The van der Waals surface area contributed by atoms with E-state index in [4.69, 9.17) is 4.74 Å². The van der Waals surface area contributed by atoms with Crippen molar-refractivity contribution in [3.63, 3.8) is 0 Å². The van der Waals surface area contributed by atoms with Crippen LogP contribution in [0.1, 0.15) is 52.9 Å². The molecule has 0 aromatic carbocycles. The van der Waals surface area contributed by atoms with Crippen LogP contribution in [0, 0.1) is 17.3 Å². The zero-order chi connectivity index (χ0) is 12.5. The summed E-state index contributed by atoms with van der Waals surface area (Å²) in [5.74, 6) is 0.836. The number of carbonyl (C=O) groups is 1. The lowest BCUT2D eigenvalue weighted by Crippen LogP contribution is -2.38. The van der Waals surface area contributed by atoms with E-state index in [9.17, 15) is 4.79 Å². The summed E-state index contributed by atoms with van der Waals surface area (Å²) in [6.45, 7) is 7.07. The quantitative estimate of drug-likeness (QED) is 0.539. The van der Waals surface area contributed by atoms with Gasteiger partial charge in [-0.1, -0.05) is 25.5 Å². The van der Waals surface area contributed by atoms with Crippen LogP contribution >= 0.6 is 0 Å². The molecular formula is C15H24O2. The Kier molecular flexibility index (Phi) is 3.60. The molecule has 0 saturated heterocycles. The van der Waals surface area contributed by atoms with Crippen molar-refractivity contribution in [2.45, 2.75) is 52.9 Å². The fourth-order valence-corrected chi connectivity index (χ4v) is 3.50. The number of fused-ring (bicyclic) bond motifs is 1. The minimum Gasteiger partial charge on any atom is -0.466 e. The molecule has 96 valence electrons. The number of rotatable bonds is 2. The van der Waals surface area contributed by atoms with E-state index in [1.807, 2.05) is 6.92 Å². The van der Waals surface area contributed by atoms with Crippen LogP contribution in [-0.2, 0) is 9.53 Å². The van der Waals surface area contributed by atoms with Crippen LogP contribution in [0.3, 0.4) is 0 Å². The Labute approximate surface area is 104 Å². The fraction of sp³-hybridized carbons (Fsp3) is 0.800. The van der Waals surface area contributed by atoms with E-state index >= 15 is 0 Å². The van der Waals surface area contributed by atoms with Crippen LogP contribution in [0.4, 0.5) is 0 Å². The first-order valence-electron chi connectivity index (χ1n) is 6.94. The van der Waals surface area contributed by atoms with Gasteiger partial charge in [0.1, 0.15) is 0 Å². The van der Waals surface area contributed by atoms with Gasteiger partial charge in [0.25, 0.3) is 0 Å². The number of hydrogen-bond acceptors (Lipinski definition) is 2. The van der Waals surface area contributed by atoms with E-state index in [2.05, 4.69) is 19.9 Å². The van der Waals surface area contributed by atoms with Gasteiger partial charge in [0.05, 0.1) is 12.5 Å². The highest BCUT2D eigenvalue weighted by molar-refractivity contribution is 5.73. The molecule has 0 unspecified atom stereocenters. The van der Waals surface area contributed by atoms with Crippen LogP contribution in [0.25, 0.3) is 0 Å². The molecule has 2 aliphatic carbocycles. The number of esters is 1. The highest BCUT2D eigenvalue weighted by Gasteiger charge is 2.43. The van der Waals surface area contributed by atoms with Crippen molar-refractivity contribution in [1.29, 1.82) is 0 Å². The topological polar surface area (TPSA) is 26.3 Å². The Morgan fingerprint density at radius 3 is 3.00 bits per heavy atom. The Hall–Kier alpha value is -0.790. The third-order valence-corrected chi connectivity index (χ3v) is 4.86. The van der Waals surface area contributed by atoms with E-state index < -0.39 is 0 Å². The Bertz CT molecular complexity index is 332. The molecule has 0 heterocycles. The summed E-state index contributed by atoms with van der Waals surface area (Å²) in [6.07, 6.45) is 7.95. The van der Waals surface area contributed by atoms with Gasteiger partial charge in [0.2, 0.25) is 0 Å². The van der Waals surface area contributed by atoms with Crippen LogP contribution in [-0.4, -0.2) is 12.6 Å². The van der Waals surface area contributed by atoms with E-state index in [1.54, 1.807) is 5.57 Å². The molecule has 0 amide bonds. The van der Waals surface area contributed by atoms with Crippen molar-refractivity contribution in [2.24, 2.45) is 17.3 Å². The van der Waals surface area contributed by atoms with Crippen LogP contribution in [0.2, 0.25) is 0 Å². The van der Waals surface area contributed by atoms with Gasteiger partial charge in [-0.05, 0) is 50.4 Å². The van der Waals surface area contributed by atoms with Crippen molar-refractivity contribution in [3.05, 3.63) is 11.6 Å². The summed E-state index contributed by atoms with van der Waals surface area (Å²) in [5.41, 5.74) is 1.84. The average Bonchev–Trinajstić information content (AvgIpc) is 2.30. The smallest absolute Gasteiger partial charge is 0.308 e. The molecule has 0 aliphatic heterocycles. The van der Waals surface area contributed by atoms with Gasteiger partial charge in [0, 0.05) is 0 Å². The van der Waals surface area contributed by atoms with Gasteiger partial charge in [-0.2, -0.15) is 0 Å². The zero-order valence-corrected chi connectivity index (χ0v) is 11.3. The van der Waals surface area contributed by atoms with E-state index in [1.165, 1.54) is 12.8 Å². The highest BCUT2D eigenvalue weighted by Crippen LogP contribution is 2.52. The fourth-order valence-electron chi connectivity index (χ4n) is 3.50. The Morgan fingerprint density at radius 1 is 1.53 bits per heavy atom. The molecule has 0 spiro atoms.